The number of nitrogens with one attached hydrogen (secondary N) is 1. The highest BCUT2D eigenvalue weighted by atomic mass is 16.5. The molecule has 0 bridgehead atoms. The molecule has 10 nitrogen and oxygen atoms in total. The molecular weight excluding hydrogens is 372 g/mol. The van der Waals surface area contributed by atoms with Gasteiger partial charge < -0.3 is 15.2 Å². The number of ether oxygens (including phenoxy) is 1. The topological polar surface area (TPSA) is 124 Å². The highest BCUT2D eigenvalue weighted by Gasteiger charge is 2.27. The van der Waals surface area contributed by atoms with Crippen LogP contribution in [-0.2, 0) is 6.54 Å². The molecule has 3 aromatic rings. The number of hydrogen-bond acceptors (Lipinski definition) is 7. The van der Waals surface area contributed by atoms with Crippen molar-refractivity contribution < 1.29 is 9.84 Å². The fourth-order valence-corrected chi connectivity index (χ4v) is 3.65. The van der Waals surface area contributed by atoms with Gasteiger partial charge in [-0.05, 0) is 42.3 Å². The summed E-state index contributed by atoms with van der Waals surface area (Å²) in [6, 6.07) is 9.28. The minimum atomic E-state index is -0.667. The molecule has 0 spiro atoms. The van der Waals surface area contributed by atoms with Gasteiger partial charge in [-0.2, -0.15) is 5.10 Å². The minimum Gasteiger partial charge on any atom is -0.497 e. The van der Waals surface area contributed by atoms with Crippen molar-refractivity contribution >= 4 is 17.0 Å². The number of hydrogen-bond donors (Lipinski definition) is 2. The average Bonchev–Trinajstić information content (AvgIpc) is 3.14. The van der Waals surface area contributed by atoms with E-state index < -0.39 is 6.10 Å². The lowest BCUT2D eigenvalue weighted by atomic mass is 10.0. The van der Waals surface area contributed by atoms with E-state index in [-0.39, 0.29) is 6.04 Å². The molecule has 4 rings (SSSR count). The van der Waals surface area contributed by atoms with E-state index in [1.165, 1.54) is 6.33 Å². The molecule has 1 aliphatic heterocycles. The first-order valence-corrected chi connectivity index (χ1v) is 9.35. The first-order chi connectivity index (χ1) is 14.2. The van der Waals surface area contributed by atoms with Crippen LogP contribution in [0.5, 0.6) is 5.75 Å². The number of piperidine rings is 1. The van der Waals surface area contributed by atoms with Crippen molar-refractivity contribution in [2.24, 2.45) is 5.11 Å². The third kappa shape index (κ3) is 4.09. The second-order valence-corrected chi connectivity index (χ2v) is 6.96. The van der Waals surface area contributed by atoms with E-state index in [9.17, 15) is 5.11 Å². The highest BCUT2D eigenvalue weighted by Crippen LogP contribution is 2.27. The first kappa shape index (κ1) is 19.0. The molecule has 1 fully saturated rings. The molecule has 0 radical (unpaired) electrons. The molecule has 0 amide bonds. The first-order valence-electron chi connectivity index (χ1n) is 9.35. The quantitative estimate of drug-likeness (QED) is 0.376. The van der Waals surface area contributed by atoms with Crippen LogP contribution < -0.4 is 10.1 Å². The molecule has 150 valence electrons. The van der Waals surface area contributed by atoms with Gasteiger partial charge in [0.15, 0.2) is 5.82 Å². The lowest BCUT2D eigenvalue weighted by Crippen LogP contribution is -2.45. The molecule has 2 N–H and O–H groups in total. The van der Waals surface area contributed by atoms with Gasteiger partial charge in [-0.15, -0.1) is 0 Å². The molecule has 1 aliphatic rings. The number of azide groups is 1. The van der Waals surface area contributed by atoms with Gasteiger partial charge in [-0.25, -0.2) is 9.50 Å². The Hall–Kier alpha value is -3.33. The summed E-state index contributed by atoms with van der Waals surface area (Å²) < 4.78 is 7.07. The number of aromatic nitrogens is 3. The monoisotopic (exact) mass is 394 g/mol. The van der Waals surface area contributed by atoms with Gasteiger partial charge in [0, 0.05) is 36.0 Å². The minimum absolute atomic E-state index is 0.365. The van der Waals surface area contributed by atoms with Gasteiger partial charge in [-0.1, -0.05) is 11.2 Å². The molecule has 29 heavy (non-hydrogen) atoms. The third-order valence-corrected chi connectivity index (χ3v) is 5.09. The number of nitrogens with zero attached hydrogens (tertiary/aromatic N) is 7. The number of aliphatic hydroxyl groups excluding tert-OH is 1. The second-order valence-electron chi connectivity index (χ2n) is 6.96. The molecular formula is C19H22N8O2. The smallest absolute Gasteiger partial charge is 0.158 e. The number of fused-ring (bicyclic) bond motifs is 1. The van der Waals surface area contributed by atoms with Crippen LogP contribution in [0.25, 0.3) is 16.0 Å². The van der Waals surface area contributed by atoms with Crippen molar-refractivity contribution in [3.05, 3.63) is 58.9 Å². The van der Waals surface area contributed by atoms with Gasteiger partial charge in [0.05, 0.1) is 19.3 Å². The largest absolute Gasteiger partial charge is 0.497 e. The summed E-state index contributed by atoms with van der Waals surface area (Å²) in [7, 11) is 1.63. The van der Waals surface area contributed by atoms with E-state index in [1.54, 1.807) is 11.6 Å². The summed E-state index contributed by atoms with van der Waals surface area (Å²) in [6.45, 7) is 1.83. The predicted molar refractivity (Wildman–Crippen MR) is 108 cm³/mol. The molecule has 2 atom stereocenters. The second kappa shape index (κ2) is 8.36. The molecule has 1 saturated heterocycles. The van der Waals surface area contributed by atoms with Crippen LogP contribution >= 0.6 is 0 Å². The van der Waals surface area contributed by atoms with E-state index in [0.29, 0.717) is 25.3 Å². The number of β-amino-alcohol motifs (C(OH)–C–C–N with tert-alkyl or cyclic N) is 1. The zero-order valence-corrected chi connectivity index (χ0v) is 16.0. The Kier molecular flexibility index (Phi) is 5.48. The van der Waals surface area contributed by atoms with Gasteiger partial charge in [0.25, 0.3) is 0 Å². The summed E-state index contributed by atoms with van der Waals surface area (Å²) in [5.41, 5.74) is 11.4. The van der Waals surface area contributed by atoms with E-state index in [4.69, 9.17) is 10.3 Å². The number of aliphatic hydroxyl groups is 1. The number of likely N-dealkylation sites (tertiary alicyclic amines) is 1. The SMILES string of the molecule is COc1cccc(Nc2ncnn3ccc(CN4CC[C@H](N=[N+]=[N-])[C@@H](O)C4)c23)c1. The average molecular weight is 394 g/mol. The normalized spacial score (nSPS) is 19.7. The summed E-state index contributed by atoms with van der Waals surface area (Å²) in [5, 5.41) is 21.6. The number of benzene rings is 1. The van der Waals surface area contributed by atoms with Crippen molar-refractivity contribution in [1.29, 1.82) is 0 Å². The van der Waals surface area contributed by atoms with Gasteiger partial charge in [-0.3, -0.25) is 4.90 Å². The molecule has 0 aliphatic carbocycles. The Morgan fingerprint density at radius 3 is 3.10 bits per heavy atom. The van der Waals surface area contributed by atoms with Gasteiger partial charge >= 0.3 is 0 Å². The molecule has 2 aromatic heterocycles. The molecule has 0 saturated carbocycles. The van der Waals surface area contributed by atoms with Crippen LogP contribution in [0, 0.1) is 0 Å². The third-order valence-electron chi connectivity index (χ3n) is 5.09. The fraction of sp³-hybridized carbons (Fsp3) is 0.368. The highest BCUT2D eigenvalue weighted by molar-refractivity contribution is 5.76. The number of rotatable bonds is 6. The summed E-state index contributed by atoms with van der Waals surface area (Å²) in [4.78, 5) is 9.40. The van der Waals surface area contributed by atoms with Crippen molar-refractivity contribution in [1.82, 2.24) is 19.5 Å². The maximum atomic E-state index is 10.3. The van der Waals surface area contributed by atoms with Crippen LogP contribution in [0.1, 0.15) is 12.0 Å². The van der Waals surface area contributed by atoms with Crippen molar-refractivity contribution in [2.75, 3.05) is 25.5 Å². The Morgan fingerprint density at radius 2 is 2.31 bits per heavy atom. The summed E-state index contributed by atoms with van der Waals surface area (Å²) in [5.74, 6) is 1.45. The number of methoxy groups -OCH3 is 1. The molecule has 1 aromatic carbocycles. The van der Waals surface area contributed by atoms with Crippen molar-refractivity contribution in [3.63, 3.8) is 0 Å². The van der Waals surface area contributed by atoms with Crippen LogP contribution in [0.15, 0.2) is 48.0 Å². The lowest BCUT2D eigenvalue weighted by Gasteiger charge is -2.33. The van der Waals surface area contributed by atoms with Gasteiger partial charge in [0.1, 0.15) is 17.6 Å². The Balaban J connectivity index is 1.57. The van der Waals surface area contributed by atoms with Crippen molar-refractivity contribution in [2.45, 2.75) is 25.1 Å². The van der Waals surface area contributed by atoms with E-state index in [2.05, 4.69) is 30.3 Å². The Bertz CT molecular complexity index is 1050. The zero-order chi connectivity index (χ0) is 20.2. The van der Waals surface area contributed by atoms with Crippen LogP contribution in [0.4, 0.5) is 11.5 Å². The van der Waals surface area contributed by atoms with Crippen molar-refractivity contribution in [3.8, 4) is 5.75 Å². The summed E-state index contributed by atoms with van der Waals surface area (Å²) >= 11 is 0. The van der Waals surface area contributed by atoms with Crippen LogP contribution in [-0.4, -0.2) is 56.9 Å². The lowest BCUT2D eigenvalue weighted by molar-refractivity contribution is 0.0503. The number of anilines is 2. The Labute approximate surface area is 167 Å². The van der Waals surface area contributed by atoms with E-state index in [0.717, 1.165) is 29.1 Å². The van der Waals surface area contributed by atoms with E-state index in [1.807, 2.05) is 36.5 Å². The molecule has 3 heterocycles. The predicted octanol–water partition coefficient (Wildman–Crippen LogP) is 2.73. The Morgan fingerprint density at radius 1 is 1.41 bits per heavy atom. The summed E-state index contributed by atoms with van der Waals surface area (Å²) in [6.07, 6.45) is 3.36. The van der Waals surface area contributed by atoms with Crippen LogP contribution in [0.3, 0.4) is 0 Å². The zero-order valence-electron chi connectivity index (χ0n) is 16.0. The van der Waals surface area contributed by atoms with E-state index >= 15 is 0 Å². The fourth-order valence-electron chi connectivity index (χ4n) is 3.65. The molecule has 0 unspecified atom stereocenters. The standard InChI is InChI=1S/C19H22N8O2/c1-29-15-4-2-3-14(9-15)23-19-18-13(5-8-27(18)22-12-21-19)10-26-7-6-16(24-25-20)17(28)11-26/h2-5,8-9,12,16-17,28H,6-7,10-11H2,1H3,(H,21,22,23)/t16-,17-/m0/s1. The maximum absolute atomic E-state index is 10.3. The maximum Gasteiger partial charge on any atom is 0.158 e. The molecule has 10 heteroatoms. The van der Waals surface area contributed by atoms with Crippen LogP contribution in [0.2, 0.25) is 0 Å². The van der Waals surface area contributed by atoms with Gasteiger partial charge in [0.2, 0.25) is 0 Å².